The Hall–Kier alpha value is -2.66. The summed E-state index contributed by atoms with van der Waals surface area (Å²) in [5, 5.41) is 0. The number of rotatable bonds is 11. The van der Waals surface area contributed by atoms with E-state index < -0.39 is 23.1 Å². The molecule has 0 heterocycles. The van der Waals surface area contributed by atoms with Crippen LogP contribution < -0.4 is 4.74 Å². The molecule has 5 heteroatoms. The summed E-state index contributed by atoms with van der Waals surface area (Å²) in [5.41, 5.74) is 2.45. The standard InChI is InChI=1S/C31H44O5/c1-10-11-12-13-20-35-26-16-14-25(15-17-26)27(32)18-19-31(29(33)36-30(6,7)8)24(5)22(3)21(2)23(4)28(31)34-9/h14-19,28H,10-13,20H2,1-9H3. The van der Waals surface area contributed by atoms with Crippen LogP contribution in [0.5, 0.6) is 5.75 Å². The molecule has 2 rings (SSSR count). The molecule has 198 valence electrons. The number of allylic oxidation sites excluding steroid dienone is 3. The Morgan fingerprint density at radius 3 is 2.17 bits per heavy atom. The van der Waals surface area contributed by atoms with Crippen molar-refractivity contribution in [1.82, 2.24) is 0 Å². The molecule has 5 nitrogen and oxygen atoms in total. The van der Waals surface area contributed by atoms with Gasteiger partial charge in [-0.2, -0.15) is 0 Å². The van der Waals surface area contributed by atoms with E-state index in [1.54, 1.807) is 25.3 Å². The zero-order chi connectivity index (χ0) is 27.1. The Kier molecular flexibility index (Phi) is 10.3. The number of carbonyl (C=O) groups is 2. The Balaban J connectivity index is 2.36. The van der Waals surface area contributed by atoms with Crippen LogP contribution in [0.1, 0.15) is 91.4 Å². The molecule has 2 atom stereocenters. The number of esters is 1. The smallest absolute Gasteiger partial charge is 0.323 e. The van der Waals surface area contributed by atoms with Crippen molar-refractivity contribution in [3.05, 3.63) is 64.3 Å². The first kappa shape index (κ1) is 29.6. The predicted octanol–water partition coefficient (Wildman–Crippen LogP) is 7.41. The molecule has 0 fully saturated rings. The Bertz CT molecular complexity index is 1020. The van der Waals surface area contributed by atoms with Crippen molar-refractivity contribution in [2.75, 3.05) is 13.7 Å². The molecule has 36 heavy (non-hydrogen) atoms. The summed E-state index contributed by atoms with van der Waals surface area (Å²) < 4.78 is 17.6. The zero-order valence-corrected chi connectivity index (χ0v) is 23.6. The van der Waals surface area contributed by atoms with Crippen molar-refractivity contribution in [2.45, 2.75) is 92.8 Å². The van der Waals surface area contributed by atoms with E-state index in [0.29, 0.717) is 12.2 Å². The highest BCUT2D eigenvalue weighted by Crippen LogP contribution is 2.47. The summed E-state index contributed by atoms with van der Waals surface area (Å²) in [6, 6.07) is 7.14. The number of ether oxygens (including phenoxy) is 3. The molecule has 1 aromatic rings. The highest BCUT2D eigenvalue weighted by Gasteiger charge is 2.52. The summed E-state index contributed by atoms with van der Waals surface area (Å²) in [7, 11) is 1.59. The van der Waals surface area contributed by atoms with Gasteiger partial charge < -0.3 is 14.2 Å². The molecule has 0 spiro atoms. The van der Waals surface area contributed by atoms with Gasteiger partial charge in [-0.3, -0.25) is 9.59 Å². The predicted molar refractivity (Wildman–Crippen MR) is 145 cm³/mol. The van der Waals surface area contributed by atoms with Gasteiger partial charge in [-0.25, -0.2) is 0 Å². The lowest BCUT2D eigenvalue weighted by Gasteiger charge is -2.43. The van der Waals surface area contributed by atoms with Crippen LogP contribution in [-0.2, 0) is 14.3 Å². The molecule has 0 aliphatic heterocycles. The maximum Gasteiger partial charge on any atom is 0.323 e. The third-order valence-electron chi connectivity index (χ3n) is 7.02. The number of ketones is 1. The second-order valence-electron chi connectivity index (χ2n) is 10.7. The maximum atomic E-state index is 13.7. The second-order valence-corrected chi connectivity index (χ2v) is 10.7. The van der Waals surface area contributed by atoms with Crippen LogP contribution in [-0.4, -0.2) is 37.2 Å². The van der Waals surface area contributed by atoms with E-state index >= 15 is 0 Å². The number of hydrogen-bond acceptors (Lipinski definition) is 5. The maximum absolute atomic E-state index is 13.7. The van der Waals surface area contributed by atoms with Crippen LogP contribution in [0.25, 0.3) is 0 Å². The number of methoxy groups -OCH3 is 1. The monoisotopic (exact) mass is 496 g/mol. The van der Waals surface area contributed by atoms with Gasteiger partial charge in [-0.1, -0.05) is 32.3 Å². The molecule has 0 bridgehead atoms. The summed E-state index contributed by atoms with van der Waals surface area (Å²) in [6.45, 7) is 16.3. The number of carbonyl (C=O) groups excluding carboxylic acids is 2. The van der Waals surface area contributed by atoms with Crippen LogP contribution in [0, 0.1) is 5.41 Å². The van der Waals surface area contributed by atoms with Crippen molar-refractivity contribution in [3.8, 4) is 5.75 Å². The van der Waals surface area contributed by atoms with Gasteiger partial charge in [0.15, 0.2) is 5.78 Å². The van der Waals surface area contributed by atoms with Crippen molar-refractivity contribution in [1.29, 1.82) is 0 Å². The SMILES string of the molecule is CCCCCCOc1ccc(C(=O)C=CC2(C(=O)OC(C)(C)C)C(C)=C(C)C(C)=C(C)C2OC)cc1. The van der Waals surface area contributed by atoms with E-state index in [1.807, 2.05) is 60.6 Å². The lowest BCUT2D eigenvalue weighted by Crippen LogP contribution is -2.49. The van der Waals surface area contributed by atoms with Crippen molar-refractivity contribution < 1.29 is 23.8 Å². The molecule has 1 aliphatic carbocycles. The highest BCUT2D eigenvalue weighted by atomic mass is 16.6. The van der Waals surface area contributed by atoms with Crippen LogP contribution in [0.4, 0.5) is 0 Å². The molecule has 0 aromatic heterocycles. The topological polar surface area (TPSA) is 61.8 Å². The van der Waals surface area contributed by atoms with Crippen molar-refractivity contribution >= 4 is 11.8 Å². The fourth-order valence-electron chi connectivity index (χ4n) is 4.63. The molecule has 0 saturated carbocycles. The van der Waals surface area contributed by atoms with Crippen LogP contribution >= 0.6 is 0 Å². The number of hydrogen-bond donors (Lipinski definition) is 0. The van der Waals surface area contributed by atoms with Gasteiger partial charge >= 0.3 is 5.97 Å². The molecular weight excluding hydrogens is 452 g/mol. The minimum absolute atomic E-state index is 0.198. The van der Waals surface area contributed by atoms with Crippen molar-refractivity contribution in [2.24, 2.45) is 5.41 Å². The van der Waals surface area contributed by atoms with Gasteiger partial charge in [0.25, 0.3) is 0 Å². The van der Waals surface area contributed by atoms with E-state index in [1.165, 1.54) is 18.9 Å². The van der Waals surface area contributed by atoms with Crippen LogP contribution in [0.2, 0.25) is 0 Å². The first-order chi connectivity index (χ1) is 16.9. The molecule has 1 aromatic carbocycles. The van der Waals surface area contributed by atoms with Gasteiger partial charge in [-0.05, 0) is 108 Å². The lowest BCUT2D eigenvalue weighted by atomic mass is 9.66. The average Bonchev–Trinajstić information content (AvgIpc) is 2.83. The molecule has 1 aliphatic rings. The second kappa shape index (κ2) is 12.5. The van der Waals surface area contributed by atoms with E-state index in [4.69, 9.17) is 14.2 Å². The summed E-state index contributed by atoms with van der Waals surface area (Å²) in [6.07, 6.45) is 7.14. The van der Waals surface area contributed by atoms with E-state index in [9.17, 15) is 9.59 Å². The number of unbranched alkanes of at least 4 members (excludes halogenated alkanes) is 3. The van der Waals surface area contributed by atoms with Gasteiger partial charge in [0.05, 0.1) is 6.61 Å². The van der Waals surface area contributed by atoms with Crippen LogP contribution in [0.15, 0.2) is 58.7 Å². The minimum atomic E-state index is -1.24. The first-order valence-corrected chi connectivity index (χ1v) is 13.0. The molecular formula is C31H44O5. The quantitative estimate of drug-likeness (QED) is 0.138. The number of benzene rings is 1. The van der Waals surface area contributed by atoms with Crippen molar-refractivity contribution in [3.63, 3.8) is 0 Å². The first-order valence-electron chi connectivity index (χ1n) is 13.0. The normalized spacial score (nSPS) is 20.8. The third-order valence-corrected chi connectivity index (χ3v) is 7.02. The minimum Gasteiger partial charge on any atom is -0.494 e. The molecule has 0 N–H and O–H groups in total. The fraction of sp³-hybridized carbons (Fsp3) is 0.548. The Morgan fingerprint density at radius 2 is 1.61 bits per heavy atom. The molecule has 0 radical (unpaired) electrons. The molecule has 2 unspecified atom stereocenters. The molecule has 0 saturated heterocycles. The summed E-state index contributed by atoms with van der Waals surface area (Å²) in [4.78, 5) is 26.9. The summed E-state index contributed by atoms with van der Waals surface area (Å²) in [5.74, 6) is 0.118. The highest BCUT2D eigenvalue weighted by molar-refractivity contribution is 6.05. The van der Waals surface area contributed by atoms with E-state index in [-0.39, 0.29) is 5.78 Å². The van der Waals surface area contributed by atoms with E-state index in [2.05, 4.69) is 6.92 Å². The Labute approximate surface area is 217 Å². The lowest BCUT2D eigenvalue weighted by molar-refractivity contribution is -0.167. The summed E-state index contributed by atoms with van der Waals surface area (Å²) >= 11 is 0. The van der Waals surface area contributed by atoms with Gasteiger partial charge in [0.2, 0.25) is 0 Å². The molecule has 0 amide bonds. The van der Waals surface area contributed by atoms with Gasteiger partial charge in [0.1, 0.15) is 22.9 Å². The largest absolute Gasteiger partial charge is 0.494 e. The third kappa shape index (κ3) is 6.76. The average molecular weight is 497 g/mol. The van der Waals surface area contributed by atoms with Gasteiger partial charge in [0, 0.05) is 12.7 Å². The zero-order valence-electron chi connectivity index (χ0n) is 23.6. The fourth-order valence-corrected chi connectivity index (χ4v) is 4.63. The van der Waals surface area contributed by atoms with Crippen LogP contribution in [0.3, 0.4) is 0 Å². The van der Waals surface area contributed by atoms with Gasteiger partial charge in [-0.15, -0.1) is 0 Å². The van der Waals surface area contributed by atoms with E-state index in [0.717, 1.165) is 40.9 Å². The Morgan fingerprint density at radius 1 is 0.972 bits per heavy atom.